The molecule has 5 heteroatoms. The summed E-state index contributed by atoms with van der Waals surface area (Å²) in [5.41, 5.74) is -0.633. The van der Waals surface area contributed by atoms with Crippen molar-refractivity contribution in [3.63, 3.8) is 0 Å². The van der Waals surface area contributed by atoms with Gasteiger partial charge < -0.3 is 10.1 Å². The number of hydrogen-bond donors (Lipinski definition) is 2. The molecule has 14 heavy (non-hydrogen) atoms. The predicted molar refractivity (Wildman–Crippen MR) is 54.1 cm³/mol. The lowest BCUT2D eigenvalue weighted by Gasteiger charge is -1.93. The monoisotopic (exact) mass is 209 g/mol. The second-order valence-electron chi connectivity index (χ2n) is 2.94. The number of rotatable bonds is 1. The molecule has 0 fully saturated rings. The van der Waals surface area contributed by atoms with Crippen molar-refractivity contribution in [3.8, 4) is 0 Å². The minimum absolute atomic E-state index is 0.213. The number of H-pyrrole nitrogens is 1. The first-order valence-electron chi connectivity index (χ1n) is 3.94. The summed E-state index contributed by atoms with van der Waals surface area (Å²) in [5.74, 6) is -1.20. The molecule has 2 aromatic rings. The van der Waals surface area contributed by atoms with Crippen molar-refractivity contribution >= 4 is 27.5 Å². The lowest BCUT2D eigenvalue weighted by Crippen LogP contribution is -2.14. The van der Waals surface area contributed by atoms with Crippen molar-refractivity contribution in [3.05, 3.63) is 32.9 Å². The number of carboxylic acids is 1. The molecule has 0 unspecified atom stereocenters. The van der Waals surface area contributed by atoms with E-state index in [2.05, 4.69) is 4.98 Å². The molecule has 0 saturated heterocycles. The van der Waals surface area contributed by atoms with Gasteiger partial charge in [0.25, 0.3) is 0 Å². The van der Waals surface area contributed by atoms with Crippen LogP contribution < -0.4 is 5.43 Å². The summed E-state index contributed by atoms with van der Waals surface area (Å²) in [7, 11) is 0. The smallest absolute Gasteiger partial charge is 0.341 e. The number of aromatic amines is 1. The molecule has 2 heterocycles. The molecule has 0 aliphatic rings. The third-order valence-electron chi connectivity index (χ3n) is 1.92. The minimum Gasteiger partial charge on any atom is -0.477 e. The molecule has 2 N–H and O–H groups in total. The second-order valence-corrected chi connectivity index (χ2v) is 4.19. The molecule has 0 radical (unpaired) electrons. The van der Waals surface area contributed by atoms with Gasteiger partial charge in [-0.15, -0.1) is 11.3 Å². The van der Waals surface area contributed by atoms with Gasteiger partial charge in [-0.05, 0) is 13.0 Å². The van der Waals surface area contributed by atoms with Gasteiger partial charge >= 0.3 is 5.97 Å². The molecule has 0 bridgehead atoms. The Morgan fingerprint density at radius 1 is 1.57 bits per heavy atom. The number of nitrogens with one attached hydrogen (secondary N) is 1. The van der Waals surface area contributed by atoms with Crippen LogP contribution in [0.1, 0.15) is 15.2 Å². The molecular weight excluding hydrogens is 202 g/mol. The molecular formula is C9H7NO3S. The van der Waals surface area contributed by atoms with E-state index >= 15 is 0 Å². The van der Waals surface area contributed by atoms with E-state index in [0.29, 0.717) is 5.39 Å². The fourth-order valence-electron chi connectivity index (χ4n) is 1.30. The van der Waals surface area contributed by atoms with E-state index in [1.54, 1.807) is 6.07 Å². The SMILES string of the molecule is Cc1cc2c(=O)c(C(=O)O)c[nH]c2s1. The lowest BCUT2D eigenvalue weighted by molar-refractivity contribution is 0.0695. The highest BCUT2D eigenvalue weighted by molar-refractivity contribution is 7.18. The predicted octanol–water partition coefficient (Wildman–Crippen LogP) is 1.60. The summed E-state index contributed by atoms with van der Waals surface area (Å²) in [6, 6.07) is 1.70. The molecule has 72 valence electrons. The summed E-state index contributed by atoms with van der Waals surface area (Å²) in [6.45, 7) is 1.87. The Kier molecular flexibility index (Phi) is 1.89. The quantitative estimate of drug-likeness (QED) is 0.749. The van der Waals surface area contributed by atoms with Crippen LogP contribution in [0.15, 0.2) is 17.1 Å². The number of carboxylic acid groups (broad SMARTS) is 1. The molecule has 0 aromatic carbocycles. The molecule has 0 aliphatic carbocycles. The van der Waals surface area contributed by atoms with Crippen LogP contribution in [0.3, 0.4) is 0 Å². The zero-order valence-corrected chi connectivity index (χ0v) is 8.14. The highest BCUT2D eigenvalue weighted by atomic mass is 32.1. The Bertz CT molecular complexity index is 567. The van der Waals surface area contributed by atoms with Crippen molar-refractivity contribution in [1.29, 1.82) is 0 Å². The number of pyridine rings is 1. The first-order valence-corrected chi connectivity index (χ1v) is 4.76. The number of aromatic carboxylic acids is 1. The largest absolute Gasteiger partial charge is 0.477 e. The number of aryl methyl sites for hydroxylation is 1. The van der Waals surface area contributed by atoms with Gasteiger partial charge in [0.05, 0.1) is 5.39 Å². The van der Waals surface area contributed by atoms with Gasteiger partial charge in [-0.1, -0.05) is 0 Å². The summed E-state index contributed by atoms with van der Waals surface area (Å²) in [5, 5.41) is 9.17. The van der Waals surface area contributed by atoms with Gasteiger partial charge in [-0.2, -0.15) is 0 Å². The third-order valence-corrected chi connectivity index (χ3v) is 2.90. The zero-order valence-electron chi connectivity index (χ0n) is 7.33. The molecule has 2 aromatic heterocycles. The van der Waals surface area contributed by atoms with E-state index in [1.165, 1.54) is 17.5 Å². The van der Waals surface area contributed by atoms with Crippen LogP contribution in [-0.2, 0) is 0 Å². The number of hydrogen-bond acceptors (Lipinski definition) is 3. The molecule has 0 amide bonds. The van der Waals surface area contributed by atoms with Gasteiger partial charge in [-0.3, -0.25) is 4.79 Å². The second kappa shape index (κ2) is 2.95. The Morgan fingerprint density at radius 2 is 2.29 bits per heavy atom. The minimum atomic E-state index is -1.20. The van der Waals surface area contributed by atoms with Crippen LogP contribution in [0.5, 0.6) is 0 Å². The Morgan fingerprint density at radius 3 is 2.93 bits per heavy atom. The summed E-state index contributed by atoms with van der Waals surface area (Å²) < 4.78 is 0. The number of carbonyl (C=O) groups is 1. The molecule has 0 saturated carbocycles. The van der Waals surface area contributed by atoms with Crippen molar-refractivity contribution in [2.24, 2.45) is 0 Å². The van der Waals surface area contributed by atoms with Crippen LogP contribution in [0.4, 0.5) is 0 Å². The Hall–Kier alpha value is -1.62. The molecule has 0 spiro atoms. The van der Waals surface area contributed by atoms with Gasteiger partial charge in [0.15, 0.2) is 0 Å². The maximum absolute atomic E-state index is 11.6. The van der Waals surface area contributed by atoms with E-state index in [4.69, 9.17) is 5.11 Å². The van der Waals surface area contributed by atoms with E-state index < -0.39 is 11.4 Å². The van der Waals surface area contributed by atoms with Gasteiger partial charge in [0.2, 0.25) is 5.43 Å². The highest BCUT2D eigenvalue weighted by Crippen LogP contribution is 2.20. The van der Waals surface area contributed by atoms with Gasteiger partial charge in [0.1, 0.15) is 10.4 Å². The fraction of sp³-hybridized carbons (Fsp3) is 0.111. The number of thiophene rings is 1. The summed E-state index contributed by atoms with van der Waals surface area (Å²) in [4.78, 5) is 26.7. The molecule has 2 rings (SSSR count). The van der Waals surface area contributed by atoms with Crippen molar-refractivity contribution in [1.82, 2.24) is 4.98 Å². The number of aromatic nitrogens is 1. The Labute approximate surface area is 82.8 Å². The van der Waals surface area contributed by atoms with E-state index in [1.807, 2.05) is 6.92 Å². The molecule has 0 aliphatic heterocycles. The standard InChI is InChI=1S/C9H7NO3S/c1-4-2-5-7(11)6(9(12)13)3-10-8(5)14-4/h2-3H,1H3,(H,10,11)(H,12,13). The van der Waals surface area contributed by atoms with Crippen LogP contribution in [-0.4, -0.2) is 16.1 Å². The molecule has 0 atom stereocenters. The zero-order chi connectivity index (χ0) is 10.3. The fourth-order valence-corrected chi connectivity index (χ4v) is 2.18. The maximum Gasteiger partial charge on any atom is 0.341 e. The van der Waals surface area contributed by atoms with Crippen LogP contribution in [0.25, 0.3) is 10.2 Å². The first-order chi connectivity index (χ1) is 6.59. The average Bonchev–Trinajstić information content (AvgIpc) is 2.46. The van der Waals surface area contributed by atoms with Gasteiger partial charge in [-0.25, -0.2) is 4.79 Å². The van der Waals surface area contributed by atoms with Gasteiger partial charge in [0, 0.05) is 11.1 Å². The first kappa shape index (κ1) is 8.96. The van der Waals surface area contributed by atoms with E-state index in [0.717, 1.165) is 9.71 Å². The van der Waals surface area contributed by atoms with E-state index in [-0.39, 0.29) is 5.56 Å². The maximum atomic E-state index is 11.6. The highest BCUT2D eigenvalue weighted by Gasteiger charge is 2.12. The van der Waals surface area contributed by atoms with Crippen LogP contribution in [0.2, 0.25) is 0 Å². The van der Waals surface area contributed by atoms with Crippen molar-refractivity contribution in [2.45, 2.75) is 6.92 Å². The normalized spacial score (nSPS) is 10.6. The topological polar surface area (TPSA) is 70.2 Å². The Balaban J connectivity index is 2.88. The summed E-state index contributed by atoms with van der Waals surface area (Å²) >= 11 is 1.44. The summed E-state index contributed by atoms with van der Waals surface area (Å²) in [6.07, 6.45) is 1.24. The van der Waals surface area contributed by atoms with E-state index in [9.17, 15) is 9.59 Å². The third kappa shape index (κ3) is 1.22. The van der Waals surface area contributed by atoms with Crippen molar-refractivity contribution in [2.75, 3.05) is 0 Å². The number of fused-ring (bicyclic) bond motifs is 1. The lowest BCUT2D eigenvalue weighted by atomic mass is 10.2. The van der Waals surface area contributed by atoms with Crippen LogP contribution >= 0.6 is 11.3 Å². The van der Waals surface area contributed by atoms with Crippen molar-refractivity contribution < 1.29 is 9.90 Å². The average molecular weight is 209 g/mol. The van der Waals surface area contributed by atoms with Crippen LogP contribution in [0, 0.1) is 6.92 Å². The molecule has 4 nitrogen and oxygen atoms in total.